The number of benzene rings is 1. The number of aromatic nitrogens is 1. The van der Waals surface area contributed by atoms with Gasteiger partial charge in [-0.15, -0.1) is 0 Å². The number of nitrogens with one attached hydrogen (secondary N) is 2. The number of nitrogens with zero attached hydrogens (tertiary/aromatic N) is 1. The third kappa shape index (κ3) is 4.78. The Labute approximate surface area is 163 Å². The van der Waals surface area contributed by atoms with Crippen molar-refractivity contribution < 1.29 is 13.9 Å². The van der Waals surface area contributed by atoms with Gasteiger partial charge in [-0.25, -0.2) is 4.39 Å². The van der Waals surface area contributed by atoms with Gasteiger partial charge in [0.05, 0.1) is 11.4 Å². The molecule has 150 valence electrons. The van der Waals surface area contributed by atoms with Crippen molar-refractivity contribution in [2.24, 2.45) is 5.41 Å². The standard InChI is InChI=1S/C21H26FN3O3/c1-21(2,3)20(27)24-18-5-4-14(12-17(18)22)25-11-8-16(13-19(25)26)28-15-6-9-23-10-7-15/h4-5,8,11-13,15,23H,6-7,9-10H2,1-3H3,(H,24,27). The van der Waals surface area contributed by atoms with E-state index in [0.29, 0.717) is 11.4 Å². The first-order valence-electron chi connectivity index (χ1n) is 9.45. The Balaban J connectivity index is 1.77. The molecule has 1 aromatic heterocycles. The van der Waals surface area contributed by atoms with Crippen LogP contribution in [-0.4, -0.2) is 29.7 Å². The lowest BCUT2D eigenvalue weighted by atomic mass is 9.95. The highest BCUT2D eigenvalue weighted by atomic mass is 19.1. The first-order valence-corrected chi connectivity index (χ1v) is 9.45. The third-order valence-electron chi connectivity index (χ3n) is 4.64. The molecule has 1 aliphatic heterocycles. The van der Waals surface area contributed by atoms with Crippen LogP contribution in [-0.2, 0) is 4.79 Å². The lowest BCUT2D eigenvalue weighted by molar-refractivity contribution is -0.123. The van der Waals surface area contributed by atoms with Gasteiger partial charge < -0.3 is 15.4 Å². The summed E-state index contributed by atoms with van der Waals surface area (Å²) in [6, 6.07) is 7.40. The summed E-state index contributed by atoms with van der Waals surface area (Å²) in [7, 11) is 0. The summed E-state index contributed by atoms with van der Waals surface area (Å²) in [5, 5.41) is 5.84. The second-order valence-electron chi connectivity index (χ2n) is 8.01. The topological polar surface area (TPSA) is 72.4 Å². The fourth-order valence-corrected chi connectivity index (χ4v) is 2.92. The number of hydrogen-bond donors (Lipinski definition) is 2. The molecule has 2 N–H and O–H groups in total. The molecule has 0 saturated carbocycles. The number of amides is 1. The van der Waals surface area contributed by atoms with Gasteiger partial charge in [-0.2, -0.15) is 0 Å². The zero-order chi connectivity index (χ0) is 20.3. The normalized spacial score (nSPS) is 15.3. The van der Waals surface area contributed by atoms with Crippen LogP contribution >= 0.6 is 0 Å². The Morgan fingerprint density at radius 1 is 1.21 bits per heavy atom. The van der Waals surface area contributed by atoms with Gasteiger partial charge in [0.15, 0.2) is 0 Å². The van der Waals surface area contributed by atoms with Gasteiger partial charge in [-0.05, 0) is 44.1 Å². The van der Waals surface area contributed by atoms with E-state index in [1.165, 1.54) is 22.8 Å². The molecule has 6 nitrogen and oxygen atoms in total. The number of pyridine rings is 1. The maximum Gasteiger partial charge on any atom is 0.258 e. The van der Waals surface area contributed by atoms with E-state index in [1.54, 1.807) is 39.1 Å². The minimum atomic E-state index is -0.633. The minimum absolute atomic E-state index is 0.0857. The monoisotopic (exact) mass is 387 g/mol. The maximum absolute atomic E-state index is 14.4. The Morgan fingerprint density at radius 3 is 2.54 bits per heavy atom. The smallest absolute Gasteiger partial charge is 0.258 e. The van der Waals surface area contributed by atoms with E-state index in [2.05, 4.69) is 10.6 Å². The number of rotatable bonds is 4. The summed E-state index contributed by atoms with van der Waals surface area (Å²) in [6.45, 7) is 7.06. The highest BCUT2D eigenvalue weighted by Gasteiger charge is 2.22. The second kappa shape index (κ2) is 8.14. The summed E-state index contributed by atoms with van der Waals surface area (Å²) >= 11 is 0. The van der Waals surface area contributed by atoms with Crippen LogP contribution in [0.2, 0.25) is 0 Å². The summed E-state index contributed by atoms with van der Waals surface area (Å²) in [4.78, 5) is 24.5. The van der Waals surface area contributed by atoms with Gasteiger partial charge in [0.25, 0.3) is 5.56 Å². The molecule has 0 aliphatic carbocycles. The van der Waals surface area contributed by atoms with Crippen LogP contribution < -0.4 is 20.9 Å². The van der Waals surface area contributed by atoms with Crippen molar-refractivity contribution >= 4 is 11.6 Å². The van der Waals surface area contributed by atoms with Gasteiger partial charge >= 0.3 is 0 Å². The van der Waals surface area contributed by atoms with Crippen molar-refractivity contribution in [3.8, 4) is 11.4 Å². The molecule has 7 heteroatoms. The fourth-order valence-electron chi connectivity index (χ4n) is 2.92. The molecule has 1 aromatic carbocycles. The number of carbonyl (C=O) groups is 1. The summed E-state index contributed by atoms with van der Waals surface area (Å²) < 4.78 is 21.7. The molecule has 1 amide bonds. The number of hydrogen-bond acceptors (Lipinski definition) is 4. The highest BCUT2D eigenvalue weighted by molar-refractivity contribution is 5.94. The van der Waals surface area contributed by atoms with E-state index in [4.69, 9.17) is 4.74 Å². The molecule has 0 atom stereocenters. The Morgan fingerprint density at radius 2 is 1.93 bits per heavy atom. The first-order chi connectivity index (χ1) is 13.2. The second-order valence-corrected chi connectivity index (χ2v) is 8.01. The van der Waals surface area contributed by atoms with E-state index in [9.17, 15) is 14.0 Å². The van der Waals surface area contributed by atoms with Gasteiger partial charge in [0.2, 0.25) is 5.91 Å². The van der Waals surface area contributed by atoms with Crippen LogP contribution in [0.25, 0.3) is 5.69 Å². The van der Waals surface area contributed by atoms with E-state index >= 15 is 0 Å². The van der Waals surface area contributed by atoms with Crippen molar-refractivity contribution in [2.45, 2.75) is 39.7 Å². The molecule has 0 unspecified atom stereocenters. The van der Waals surface area contributed by atoms with Crippen LogP contribution in [0, 0.1) is 11.2 Å². The number of ether oxygens (including phenoxy) is 1. The molecule has 0 radical (unpaired) electrons. The molecule has 3 rings (SSSR count). The molecule has 2 aromatic rings. The van der Waals surface area contributed by atoms with Crippen molar-refractivity contribution in [3.05, 3.63) is 52.7 Å². The lowest BCUT2D eigenvalue weighted by Crippen LogP contribution is -2.34. The summed E-state index contributed by atoms with van der Waals surface area (Å²) in [5.41, 5.74) is -0.476. The van der Waals surface area contributed by atoms with Gasteiger partial charge in [-0.3, -0.25) is 14.2 Å². The number of carbonyl (C=O) groups excluding carboxylic acids is 1. The first kappa shape index (κ1) is 20.1. The Kier molecular flexibility index (Phi) is 5.84. The van der Waals surface area contributed by atoms with E-state index < -0.39 is 11.2 Å². The number of piperidine rings is 1. The predicted octanol–water partition coefficient (Wildman–Crippen LogP) is 3.09. The van der Waals surface area contributed by atoms with Crippen LogP contribution in [0.4, 0.5) is 10.1 Å². The van der Waals surface area contributed by atoms with Crippen LogP contribution in [0.3, 0.4) is 0 Å². The van der Waals surface area contributed by atoms with Crippen molar-refractivity contribution in [3.63, 3.8) is 0 Å². The largest absolute Gasteiger partial charge is 0.490 e. The number of anilines is 1. The van der Waals surface area contributed by atoms with Crippen molar-refractivity contribution in [1.29, 1.82) is 0 Å². The van der Waals surface area contributed by atoms with Gasteiger partial charge in [-0.1, -0.05) is 20.8 Å². The Bertz CT molecular complexity index is 912. The molecular formula is C21H26FN3O3. The molecule has 2 heterocycles. The van der Waals surface area contributed by atoms with Crippen molar-refractivity contribution in [2.75, 3.05) is 18.4 Å². The van der Waals surface area contributed by atoms with E-state index in [-0.39, 0.29) is 23.3 Å². The summed E-state index contributed by atoms with van der Waals surface area (Å²) in [5.74, 6) is -0.365. The molecule has 1 aliphatic rings. The average molecular weight is 387 g/mol. The fraction of sp³-hybridized carbons (Fsp3) is 0.429. The van der Waals surface area contributed by atoms with E-state index in [1.807, 2.05) is 0 Å². The van der Waals surface area contributed by atoms with Gasteiger partial charge in [0.1, 0.15) is 17.7 Å². The zero-order valence-electron chi connectivity index (χ0n) is 16.4. The molecule has 28 heavy (non-hydrogen) atoms. The minimum Gasteiger partial charge on any atom is -0.490 e. The highest BCUT2D eigenvalue weighted by Crippen LogP contribution is 2.22. The van der Waals surface area contributed by atoms with Gasteiger partial charge in [0, 0.05) is 23.7 Å². The summed E-state index contributed by atoms with van der Waals surface area (Å²) in [6.07, 6.45) is 3.46. The van der Waals surface area contributed by atoms with Crippen LogP contribution in [0.1, 0.15) is 33.6 Å². The van der Waals surface area contributed by atoms with Crippen LogP contribution in [0.5, 0.6) is 5.75 Å². The van der Waals surface area contributed by atoms with Crippen molar-refractivity contribution in [1.82, 2.24) is 9.88 Å². The van der Waals surface area contributed by atoms with Crippen LogP contribution in [0.15, 0.2) is 41.3 Å². The number of halogens is 1. The average Bonchev–Trinajstić information content (AvgIpc) is 2.63. The lowest BCUT2D eigenvalue weighted by Gasteiger charge is -2.23. The Hall–Kier alpha value is -2.67. The molecule has 0 bridgehead atoms. The van der Waals surface area contributed by atoms with E-state index in [0.717, 1.165) is 25.9 Å². The SMILES string of the molecule is CC(C)(C)C(=O)Nc1ccc(-n2ccc(OC3CCNCC3)cc2=O)cc1F. The predicted molar refractivity (Wildman–Crippen MR) is 107 cm³/mol. The molecule has 1 fully saturated rings. The maximum atomic E-state index is 14.4. The molecule has 0 spiro atoms. The quantitative estimate of drug-likeness (QED) is 0.846. The molecule has 1 saturated heterocycles. The third-order valence-corrected chi connectivity index (χ3v) is 4.64. The molecular weight excluding hydrogens is 361 g/mol. The zero-order valence-corrected chi connectivity index (χ0v) is 16.4.